The lowest BCUT2D eigenvalue weighted by atomic mass is 10.1. The van der Waals surface area contributed by atoms with Crippen molar-refractivity contribution in [3.8, 4) is 23.0 Å². The lowest BCUT2D eigenvalue weighted by Crippen LogP contribution is -2.21. The number of amides is 2. The molecule has 0 fully saturated rings. The van der Waals surface area contributed by atoms with Gasteiger partial charge in [-0.3, -0.25) is 22.8 Å². The second-order valence-corrected chi connectivity index (χ2v) is 29.9. The number of carbonyl (C=O) groups excluding carboxylic acids is 1. The van der Waals surface area contributed by atoms with Crippen LogP contribution < -0.4 is 35.5 Å². The Labute approximate surface area is 547 Å². The molecule has 0 atom stereocenters. The molecule has 0 aliphatic rings. The van der Waals surface area contributed by atoms with Gasteiger partial charge in [-0.15, -0.1) is 10.2 Å². The number of anilines is 2. The Hall–Kier alpha value is -8.39. The minimum Gasteiger partial charge on any atom is -0.494 e. The summed E-state index contributed by atoms with van der Waals surface area (Å²) in [6, 6.07) is 18.3. The fraction of sp³-hybridized carbons (Fsp3) is 0.327. The van der Waals surface area contributed by atoms with Crippen LogP contribution in [0.25, 0.3) is 0 Å². The van der Waals surface area contributed by atoms with Gasteiger partial charge >= 0.3 is 6.03 Å². The molecule has 0 heterocycles. The summed E-state index contributed by atoms with van der Waals surface area (Å²) in [4.78, 5) is 12.7. The Balaban J connectivity index is 1.24. The van der Waals surface area contributed by atoms with Crippen LogP contribution >= 0.6 is 0 Å². The maximum absolute atomic E-state index is 14.0. The predicted octanol–water partition coefficient (Wildman–Crippen LogP) is 11.3. The van der Waals surface area contributed by atoms with Gasteiger partial charge in [-0.1, -0.05) is 0 Å². The molecule has 514 valence electrons. The van der Waals surface area contributed by atoms with Crippen LogP contribution in [0.1, 0.15) is 59.1 Å². The fourth-order valence-electron chi connectivity index (χ4n) is 8.21. The van der Waals surface area contributed by atoms with Crippen LogP contribution in [-0.4, -0.2) is 129 Å². The van der Waals surface area contributed by atoms with Crippen LogP contribution in [0.5, 0.6) is 23.0 Å². The molecule has 0 aliphatic carbocycles. The highest BCUT2D eigenvalue weighted by Crippen LogP contribution is 2.40. The number of nitrogens with two attached hydrogens (primary N) is 1. The van der Waals surface area contributed by atoms with E-state index in [2.05, 4.69) is 55.8 Å². The van der Waals surface area contributed by atoms with Gasteiger partial charge in [0.2, 0.25) is 0 Å². The number of benzene rings is 6. The van der Waals surface area contributed by atoms with Crippen molar-refractivity contribution in [2.24, 2.45) is 46.8 Å². The van der Waals surface area contributed by atoms with Crippen molar-refractivity contribution in [3.63, 3.8) is 0 Å². The molecule has 6 rings (SSSR count). The number of rotatable bonds is 33. The third-order valence-electron chi connectivity index (χ3n) is 13.0. The van der Waals surface area contributed by atoms with Gasteiger partial charge in [0.05, 0.1) is 94.9 Å². The van der Waals surface area contributed by atoms with E-state index in [9.17, 15) is 69.0 Å². The highest BCUT2D eigenvalue weighted by Gasteiger charge is 2.22. The third-order valence-corrected chi connectivity index (χ3v) is 18.2. The Kier molecular flexibility index (Phi) is 25.8. The number of nitrogens with one attached hydrogen (secondary N) is 2. The van der Waals surface area contributed by atoms with Crippen molar-refractivity contribution in [1.82, 2.24) is 0 Å². The van der Waals surface area contributed by atoms with Crippen LogP contribution in [0.15, 0.2) is 136 Å². The van der Waals surface area contributed by atoms with Gasteiger partial charge in [0.15, 0.2) is 0 Å². The van der Waals surface area contributed by atoms with Crippen molar-refractivity contribution in [1.29, 1.82) is 0 Å². The number of ether oxygens (including phenoxy) is 4. The molecule has 40 heteroatoms. The van der Waals surface area contributed by atoms with Gasteiger partial charge in [-0.25, -0.2) is 4.79 Å². The zero-order valence-electron chi connectivity index (χ0n) is 51.3. The molecule has 0 saturated carbocycles. The molecule has 0 aromatic heterocycles. The molecule has 0 aliphatic heterocycles. The van der Waals surface area contributed by atoms with Crippen molar-refractivity contribution >= 4 is 124 Å². The number of nitrogens with zero attached hydrogens (tertiary/aromatic N) is 8. The maximum Gasteiger partial charge on any atom is 0.323 e. The summed E-state index contributed by atoms with van der Waals surface area (Å²) >= 11 is 0. The van der Waals surface area contributed by atoms with Crippen LogP contribution in [0, 0.1) is 41.5 Å². The number of urea groups is 1. The van der Waals surface area contributed by atoms with Gasteiger partial charge in [-0.05, 0) is 161 Å². The highest BCUT2D eigenvalue weighted by molar-refractivity contribution is 7.87. The largest absolute Gasteiger partial charge is 0.494 e. The van der Waals surface area contributed by atoms with Crippen LogP contribution in [0.2, 0.25) is 0 Å². The van der Waals surface area contributed by atoms with Crippen molar-refractivity contribution in [3.05, 3.63) is 118 Å². The topological polar surface area (TPSA) is 518 Å². The van der Waals surface area contributed by atoms with Crippen LogP contribution in [-0.2, 0) is 65.0 Å². The number of carbonyl (C=O) groups is 1. The minimum absolute atomic E-state index is 0.00943. The van der Waals surface area contributed by atoms with E-state index in [1.54, 1.807) is 65.8 Å². The average molecular weight is 1440 g/mol. The van der Waals surface area contributed by atoms with E-state index in [0.717, 1.165) is 12.1 Å². The Bertz CT molecular complexity index is 4710. The summed E-state index contributed by atoms with van der Waals surface area (Å²) in [6.45, 7) is 9.02. The Morgan fingerprint density at radius 3 is 0.947 bits per heavy atom. The molecule has 0 saturated heterocycles. The first-order chi connectivity index (χ1) is 44.3. The van der Waals surface area contributed by atoms with E-state index >= 15 is 0 Å². The van der Waals surface area contributed by atoms with Crippen LogP contribution in [0.3, 0.4) is 0 Å². The normalized spacial score (nSPS) is 12.7. The Morgan fingerprint density at radius 1 is 0.379 bits per heavy atom. The van der Waals surface area contributed by atoms with Gasteiger partial charge < -0.3 is 29.6 Å². The van der Waals surface area contributed by atoms with E-state index in [-0.39, 0.29) is 121 Å². The third kappa shape index (κ3) is 24.4. The number of hydrogen-bond acceptors (Lipinski definition) is 27. The summed E-state index contributed by atoms with van der Waals surface area (Å²) < 4.78 is 214. The van der Waals surface area contributed by atoms with E-state index < -0.39 is 99.5 Å². The van der Waals surface area contributed by atoms with Crippen molar-refractivity contribution in [2.45, 2.75) is 77.0 Å². The molecule has 0 bridgehead atoms. The number of hydrogen-bond donors (Lipinski definition) is 8. The second-order valence-electron chi connectivity index (χ2n) is 20.7. The van der Waals surface area contributed by atoms with Gasteiger partial charge in [0.1, 0.15) is 44.2 Å². The Morgan fingerprint density at radius 2 is 0.653 bits per heavy atom. The molecule has 6 aromatic carbocycles. The molecule has 34 nitrogen and oxygen atoms in total. The standard InChI is InChI=1S/C55H65N11O23S6/c1-33-25-45(35(3)23-43(33)61-59-41-13-11-39(29-53(41)94(79,80)81)85-15-7-19-90(68,69)70)63-65-47-31-51(87-17-9-21-92(74,75)76)49(27-37(47)5)57-55(67)58-50-28-38(6)48(32-52(50)88-18-10-22-93(77,78)89-56)66-64-46-26-34(2)44(24-36(46)4)62-60-42-14-12-40(30-54(42)95(82,83)84)86-16-8-20-91(71,72)73/h11-14,23-32H,7-10,15-22,56H2,1-6H3,(H2,57,58,67)(H,68,69,70)(H,71,72,73)(H,74,75,76)(H,79,80,81)(H,82,83,84)/b61-59-,62-60?,65-63+,66-64+. The van der Waals surface area contributed by atoms with E-state index in [1.807, 2.05) is 0 Å². The smallest absolute Gasteiger partial charge is 0.323 e. The summed E-state index contributed by atoms with van der Waals surface area (Å²) in [6.07, 6.45) is -0.528. The first kappa shape index (κ1) is 75.6. The molecular weight excluding hydrogens is 1380 g/mol. The summed E-state index contributed by atoms with van der Waals surface area (Å²) in [5, 5.41) is 39.5. The fourth-order valence-corrected chi connectivity index (χ4v) is 11.5. The van der Waals surface area contributed by atoms with Crippen molar-refractivity contribution < 1.29 is 101 Å². The lowest BCUT2D eigenvalue weighted by molar-refractivity contribution is 0.261. The molecule has 2 amide bonds. The molecular formula is C55H65N11O23S6. The highest BCUT2D eigenvalue weighted by atomic mass is 32.2. The maximum atomic E-state index is 14.0. The number of aryl methyl sites for hydroxylation is 6. The summed E-state index contributed by atoms with van der Waals surface area (Å²) in [7, 11) is -26.7. The van der Waals surface area contributed by atoms with Gasteiger partial charge in [-0.2, -0.15) is 91.4 Å². The van der Waals surface area contributed by atoms with E-state index in [0.29, 0.717) is 44.8 Å². The second kappa shape index (κ2) is 32.4. The summed E-state index contributed by atoms with van der Waals surface area (Å²) in [5.74, 6) is 2.40. The molecule has 6 aromatic rings. The first-order valence-corrected chi connectivity index (χ1v) is 37.0. The van der Waals surface area contributed by atoms with E-state index in [4.69, 9.17) is 33.9 Å². The molecule has 0 radical (unpaired) electrons. The monoisotopic (exact) mass is 1440 g/mol. The van der Waals surface area contributed by atoms with Gasteiger partial charge in [0, 0.05) is 24.3 Å². The van der Waals surface area contributed by atoms with Gasteiger partial charge in [0.25, 0.3) is 60.7 Å². The quantitative estimate of drug-likeness (QED) is 0.00821. The predicted molar refractivity (Wildman–Crippen MR) is 345 cm³/mol. The zero-order valence-corrected chi connectivity index (χ0v) is 56.2. The zero-order chi connectivity index (χ0) is 70.3. The SMILES string of the molecule is Cc1cc(/N=N/c2cc(OCCCS(=O)(=O)ON)c(NC(=O)Nc3cc(C)c(/N=N/c4cc(C)c(/N=N\c5ccc(OCCCS(=O)(=O)O)cc5S(=O)(=O)O)cc4C)cc3OCCCS(=O)(=O)O)cc2C)c(C)cc1N=Nc1ccc(OCCCS(=O)(=O)O)cc1S(=O)(=O)O. The number of azo groups is 4. The van der Waals surface area contributed by atoms with Crippen LogP contribution in [0.4, 0.5) is 61.7 Å². The van der Waals surface area contributed by atoms with Crippen molar-refractivity contribution in [2.75, 3.05) is 60.1 Å². The molecule has 9 N–H and O–H groups in total. The summed E-state index contributed by atoms with van der Waals surface area (Å²) in [5.41, 5.74) is 4.16. The molecule has 95 heavy (non-hydrogen) atoms. The lowest BCUT2D eigenvalue weighted by Gasteiger charge is -2.17. The van der Waals surface area contributed by atoms with E-state index in [1.165, 1.54) is 48.5 Å². The average Bonchev–Trinajstić information content (AvgIpc) is 0.845. The minimum atomic E-state index is -4.87. The molecule has 0 unspecified atom stereocenters. The first-order valence-electron chi connectivity index (χ1n) is 27.7. The molecule has 0 spiro atoms.